The molecule has 2 aromatic rings. The third-order valence-corrected chi connectivity index (χ3v) is 3.91. The van der Waals surface area contributed by atoms with Crippen LogP contribution in [0.2, 0.25) is 0 Å². The van der Waals surface area contributed by atoms with Gasteiger partial charge in [-0.25, -0.2) is 9.48 Å². The average Bonchev–Trinajstić information content (AvgIpc) is 3.18. The number of anilines is 2. The van der Waals surface area contributed by atoms with Crippen molar-refractivity contribution < 1.29 is 9.53 Å². The van der Waals surface area contributed by atoms with E-state index in [-0.39, 0.29) is 6.03 Å². The molecule has 0 bridgehead atoms. The zero-order valence-corrected chi connectivity index (χ0v) is 12.6. The van der Waals surface area contributed by atoms with Gasteiger partial charge in [-0.2, -0.15) is 5.10 Å². The van der Waals surface area contributed by atoms with E-state index in [9.17, 15) is 4.79 Å². The van der Waals surface area contributed by atoms with Gasteiger partial charge in [0.15, 0.2) is 0 Å². The number of methoxy groups -OCH3 is 1. The second-order valence-corrected chi connectivity index (χ2v) is 5.41. The van der Waals surface area contributed by atoms with Crippen LogP contribution >= 0.6 is 0 Å². The second kappa shape index (κ2) is 6.51. The highest BCUT2D eigenvalue weighted by atomic mass is 16.5. The number of carbonyl (C=O) groups excluding carboxylic acids is 1. The Kier molecular flexibility index (Phi) is 4.27. The molecule has 1 aliphatic rings. The van der Waals surface area contributed by atoms with E-state index in [0.717, 1.165) is 18.7 Å². The molecule has 1 aromatic heterocycles. The van der Waals surface area contributed by atoms with Gasteiger partial charge >= 0.3 is 6.03 Å². The van der Waals surface area contributed by atoms with Gasteiger partial charge in [0.25, 0.3) is 0 Å². The zero-order chi connectivity index (χ0) is 15.4. The fraction of sp³-hybridized carbons (Fsp3) is 0.375. The van der Waals surface area contributed by atoms with Gasteiger partial charge in [0.1, 0.15) is 11.6 Å². The average molecular weight is 300 g/mol. The third-order valence-electron chi connectivity index (χ3n) is 3.91. The van der Waals surface area contributed by atoms with Crippen molar-refractivity contribution in [1.29, 1.82) is 0 Å². The predicted octanol–water partition coefficient (Wildman–Crippen LogP) is 3.65. The van der Waals surface area contributed by atoms with Crippen LogP contribution in [0.1, 0.15) is 31.7 Å². The minimum absolute atomic E-state index is 0.284. The van der Waals surface area contributed by atoms with Crippen LogP contribution in [0.15, 0.2) is 36.5 Å². The molecule has 1 aromatic carbocycles. The Balaban J connectivity index is 1.65. The Labute approximate surface area is 129 Å². The van der Waals surface area contributed by atoms with Crippen molar-refractivity contribution in [2.75, 3.05) is 17.7 Å². The minimum Gasteiger partial charge on any atom is -0.497 e. The predicted molar refractivity (Wildman–Crippen MR) is 85.4 cm³/mol. The molecule has 0 unspecified atom stereocenters. The van der Waals surface area contributed by atoms with Crippen LogP contribution in [0.25, 0.3) is 0 Å². The quantitative estimate of drug-likeness (QED) is 0.905. The molecule has 0 saturated heterocycles. The topological polar surface area (TPSA) is 68.2 Å². The maximum Gasteiger partial charge on any atom is 0.324 e. The van der Waals surface area contributed by atoms with Crippen molar-refractivity contribution in [2.45, 2.75) is 31.7 Å². The molecule has 1 heterocycles. The van der Waals surface area contributed by atoms with E-state index in [0.29, 0.717) is 17.5 Å². The number of urea groups is 1. The van der Waals surface area contributed by atoms with Gasteiger partial charge < -0.3 is 10.1 Å². The number of hydrogen-bond acceptors (Lipinski definition) is 3. The van der Waals surface area contributed by atoms with Crippen LogP contribution in [0, 0.1) is 0 Å². The normalized spacial score (nSPS) is 14.8. The fourth-order valence-corrected chi connectivity index (χ4v) is 2.83. The van der Waals surface area contributed by atoms with Crippen molar-refractivity contribution in [3.05, 3.63) is 36.5 Å². The SMILES string of the molecule is COc1cccc(NC(=O)Nc2ccnn2C2CCCC2)c1. The molecule has 2 amide bonds. The van der Waals surface area contributed by atoms with Crippen molar-refractivity contribution in [2.24, 2.45) is 0 Å². The van der Waals surface area contributed by atoms with Crippen LogP contribution in [0.4, 0.5) is 16.3 Å². The van der Waals surface area contributed by atoms with E-state index < -0.39 is 0 Å². The number of nitrogens with one attached hydrogen (secondary N) is 2. The number of aromatic nitrogens is 2. The van der Waals surface area contributed by atoms with Crippen molar-refractivity contribution in [3.8, 4) is 5.75 Å². The number of nitrogens with zero attached hydrogens (tertiary/aromatic N) is 2. The molecule has 6 heteroatoms. The summed E-state index contributed by atoms with van der Waals surface area (Å²) in [7, 11) is 1.60. The lowest BCUT2D eigenvalue weighted by Gasteiger charge is -2.15. The molecule has 0 atom stereocenters. The molecule has 0 aliphatic heterocycles. The van der Waals surface area contributed by atoms with Gasteiger partial charge in [-0.05, 0) is 25.0 Å². The van der Waals surface area contributed by atoms with Crippen molar-refractivity contribution in [1.82, 2.24) is 9.78 Å². The number of benzene rings is 1. The summed E-state index contributed by atoms with van der Waals surface area (Å²) in [6.07, 6.45) is 6.40. The lowest BCUT2D eigenvalue weighted by atomic mass is 10.2. The first-order chi connectivity index (χ1) is 10.8. The molecule has 116 valence electrons. The summed E-state index contributed by atoms with van der Waals surface area (Å²) in [5.41, 5.74) is 0.684. The summed E-state index contributed by atoms with van der Waals surface area (Å²) in [5, 5.41) is 10.0. The largest absolute Gasteiger partial charge is 0.497 e. The van der Waals surface area contributed by atoms with Crippen LogP contribution in [0.3, 0.4) is 0 Å². The first-order valence-corrected chi connectivity index (χ1v) is 7.52. The second-order valence-electron chi connectivity index (χ2n) is 5.41. The van der Waals surface area contributed by atoms with Gasteiger partial charge in [0.2, 0.25) is 0 Å². The lowest BCUT2D eigenvalue weighted by molar-refractivity contribution is 0.262. The molecular formula is C16H20N4O2. The highest BCUT2D eigenvalue weighted by molar-refractivity contribution is 5.99. The summed E-state index contributed by atoms with van der Waals surface area (Å²) in [4.78, 5) is 12.1. The fourth-order valence-electron chi connectivity index (χ4n) is 2.83. The summed E-state index contributed by atoms with van der Waals surface area (Å²) in [6.45, 7) is 0. The monoisotopic (exact) mass is 300 g/mol. The number of hydrogen-bond donors (Lipinski definition) is 2. The Morgan fingerprint density at radius 3 is 2.86 bits per heavy atom. The lowest BCUT2D eigenvalue weighted by Crippen LogP contribution is -2.22. The van der Waals surface area contributed by atoms with E-state index in [1.807, 2.05) is 28.9 Å². The van der Waals surface area contributed by atoms with Crippen molar-refractivity contribution in [3.63, 3.8) is 0 Å². The highest BCUT2D eigenvalue weighted by Gasteiger charge is 2.20. The van der Waals surface area contributed by atoms with E-state index >= 15 is 0 Å². The Morgan fingerprint density at radius 1 is 1.27 bits per heavy atom. The number of amides is 2. The Hall–Kier alpha value is -2.50. The Bertz CT molecular complexity index is 647. The van der Waals surface area contributed by atoms with Crippen LogP contribution in [-0.2, 0) is 0 Å². The molecule has 2 N–H and O–H groups in total. The first-order valence-electron chi connectivity index (χ1n) is 7.52. The molecular weight excluding hydrogens is 280 g/mol. The molecule has 1 saturated carbocycles. The van der Waals surface area contributed by atoms with Gasteiger partial charge in [-0.3, -0.25) is 5.32 Å². The highest BCUT2D eigenvalue weighted by Crippen LogP contribution is 2.31. The van der Waals surface area contributed by atoms with Gasteiger partial charge in [-0.15, -0.1) is 0 Å². The van der Waals surface area contributed by atoms with E-state index in [2.05, 4.69) is 15.7 Å². The zero-order valence-electron chi connectivity index (χ0n) is 12.6. The number of carbonyl (C=O) groups is 1. The molecule has 0 spiro atoms. The molecule has 1 fully saturated rings. The smallest absolute Gasteiger partial charge is 0.324 e. The molecule has 6 nitrogen and oxygen atoms in total. The maximum atomic E-state index is 12.1. The first kappa shape index (κ1) is 14.4. The molecule has 0 radical (unpaired) electrons. The third kappa shape index (κ3) is 3.21. The molecule has 3 rings (SSSR count). The summed E-state index contributed by atoms with van der Waals surface area (Å²) in [5.74, 6) is 1.43. The number of rotatable bonds is 4. The van der Waals surface area contributed by atoms with E-state index in [1.54, 1.807) is 19.4 Å². The van der Waals surface area contributed by atoms with E-state index in [1.165, 1.54) is 12.8 Å². The maximum absolute atomic E-state index is 12.1. The number of ether oxygens (including phenoxy) is 1. The molecule has 1 aliphatic carbocycles. The summed E-state index contributed by atoms with van der Waals surface area (Å²) < 4.78 is 7.06. The Morgan fingerprint density at radius 2 is 2.09 bits per heavy atom. The van der Waals surface area contributed by atoms with Crippen LogP contribution in [0.5, 0.6) is 5.75 Å². The van der Waals surface area contributed by atoms with E-state index in [4.69, 9.17) is 4.74 Å². The van der Waals surface area contributed by atoms with Crippen molar-refractivity contribution >= 4 is 17.5 Å². The van der Waals surface area contributed by atoms with Gasteiger partial charge in [-0.1, -0.05) is 18.9 Å². The van der Waals surface area contributed by atoms with Crippen LogP contribution < -0.4 is 15.4 Å². The minimum atomic E-state index is -0.284. The summed E-state index contributed by atoms with van der Waals surface area (Å²) >= 11 is 0. The standard InChI is InChI=1S/C16H20N4O2/c1-22-14-8-4-5-12(11-14)18-16(21)19-15-9-10-17-20(15)13-6-2-3-7-13/h4-5,8-11,13H,2-3,6-7H2,1H3,(H2,18,19,21). The van der Waals surface area contributed by atoms with Gasteiger partial charge in [0, 0.05) is 17.8 Å². The van der Waals surface area contributed by atoms with Gasteiger partial charge in [0.05, 0.1) is 19.3 Å². The molecule has 22 heavy (non-hydrogen) atoms. The summed E-state index contributed by atoms with van der Waals surface area (Å²) in [6, 6.07) is 9.18. The van der Waals surface area contributed by atoms with Crippen LogP contribution in [-0.4, -0.2) is 22.9 Å².